The number of pyridine rings is 1. The number of hydrogen-bond donors (Lipinski definition) is 0. The van der Waals surface area contributed by atoms with Crippen LogP contribution in [-0.2, 0) is 6.61 Å². The zero-order valence-corrected chi connectivity index (χ0v) is 17.7. The number of rotatable bonds is 5. The number of benzene rings is 1. The lowest BCUT2D eigenvalue weighted by molar-refractivity contribution is 0.292. The molecule has 0 N–H and O–H groups in total. The molecule has 1 aliphatic rings. The fourth-order valence-electron chi connectivity index (χ4n) is 3.43. The largest absolute Gasteiger partial charge is 0.472 e. The van der Waals surface area contributed by atoms with Crippen LogP contribution in [0.2, 0.25) is 5.02 Å². The molecule has 0 amide bonds. The first-order valence-corrected chi connectivity index (χ1v) is 10.9. The van der Waals surface area contributed by atoms with Crippen molar-refractivity contribution < 1.29 is 4.74 Å². The van der Waals surface area contributed by atoms with Gasteiger partial charge in [0.2, 0.25) is 5.88 Å². The summed E-state index contributed by atoms with van der Waals surface area (Å²) in [7, 11) is 0. The van der Waals surface area contributed by atoms with Gasteiger partial charge >= 0.3 is 0 Å². The molecule has 0 aliphatic carbocycles. The fourth-order valence-corrected chi connectivity index (χ4v) is 4.29. The summed E-state index contributed by atoms with van der Waals surface area (Å²) in [5.74, 6) is 2.33. The van der Waals surface area contributed by atoms with Crippen LogP contribution in [0.4, 0.5) is 11.6 Å². The minimum atomic E-state index is 0.401. The Labute approximate surface area is 183 Å². The van der Waals surface area contributed by atoms with Crippen molar-refractivity contribution in [2.24, 2.45) is 0 Å². The molecule has 0 saturated carbocycles. The van der Waals surface area contributed by atoms with E-state index in [0.29, 0.717) is 17.5 Å². The van der Waals surface area contributed by atoms with Crippen LogP contribution in [0.25, 0.3) is 10.3 Å². The molecule has 1 saturated heterocycles. The number of ether oxygens (including phenoxy) is 1. The van der Waals surface area contributed by atoms with Gasteiger partial charge in [-0.05, 0) is 29.8 Å². The normalized spacial score (nSPS) is 14.3. The summed E-state index contributed by atoms with van der Waals surface area (Å²) in [4.78, 5) is 23.5. The van der Waals surface area contributed by atoms with Crippen molar-refractivity contribution in [1.29, 1.82) is 0 Å². The third-order valence-electron chi connectivity index (χ3n) is 4.98. The highest BCUT2D eigenvalue weighted by atomic mass is 35.5. The van der Waals surface area contributed by atoms with E-state index in [0.717, 1.165) is 53.7 Å². The number of nitrogens with zero attached hydrogens (tertiary/aromatic N) is 6. The van der Waals surface area contributed by atoms with E-state index in [1.807, 2.05) is 41.9 Å². The van der Waals surface area contributed by atoms with E-state index in [9.17, 15) is 0 Å². The van der Waals surface area contributed by atoms with E-state index in [2.05, 4.69) is 24.8 Å². The van der Waals surface area contributed by atoms with Crippen LogP contribution in [0.5, 0.6) is 5.88 Å². The maximum absolute atomic E-state index is 6.03. The van der Waals surface area contributed by atoms with Crippen molar-refractivity contribution in [3.63, 3.8) is 0 Å². The Morgan fingerprint density at radius 1 is 0.967 bits per heavy atom. The Kier molecular flexibility index (Phi) is 5.33. The van der Waals surface area contributed by atoms with Gasteiger partial charge in [0.15, 0.2) is 5.82 Å². The summed E-state index contributed by atoms with van der Waals surface area (Å²) < 4.78 is 5.82. The Morgan fingerprint density at radius 3 is 2.63 bits per heavy atom. The number of anilines is 2. The molecule has 1 fully saturated rings. The Balaban J connectivity index is 1.22. The molecule has 9 heteroatoms. The Morgan fingerprint density at radius 2 is 1.80 bits per heavy atom. The van der Waals surface area contributed by atoms with Gasteiger partial charge in [-0.2, -0.15) is 4.98 Å². The average molecular weight is 439 g/mol. The van der Waals surface area contributed by atoms with Gasteiger partial charge in [-0.1, -0.05) is 23.7 Å². The van der Waals surface area contributed by atoms with Crippen LogP contribution in [0.1, 0.15) is 5.56 Å². The van der Waals surface area contributed by atoms with Gasteiger partial charge in [-0.25, -0.2) is 9.97 Å². The second-order valence-corrected chi connectivity index (χ2v) is 8.22. The second kappa shape index (κ2) is 8.41. The predicted molar refractivity (Wildman–Crippen MR) is 120 cm³/mol. The molecule has 152 valence electrons. The van der Waals surface area contributed by atoms with E-state index in [1.165, 1.54) is 0 Å². The molecule has 0 unspecified atom stereocenters. The first-order chi connectivity index (χ1) is 14.7. The third kappa shape index (κ3) is 4.15. The molecule has 7 nitrogen and oxygen atoms in total. The predicted octanol–water partition coefficient (Wildman–Crippen LogP) is 4.04. The van der Waals surface area contributed by atoms with Crippen molar-refractivity contribution in [2.45, 2.75) is 6.61 Å². The van der Waals surface area contributed by atoms with Crippen LogP contribution in [0, 0.1) is 0 Å². The van der Waals surface area contributed by atoms with Gasteiger partial charge in [0.05, 0.1) is 17.9 Å². The van der Waals surface area contributed by atoms with Gasteiger partial charge < -0.3 is 14.5 Å². The van der Waals surface area contributed by atoms with Crippen LogP contribution >= 0.6 is 22.9 Å². The Bertz CT molecular complexity index is 1160. The van der Waals surface area contributed by atoms with Gasteiger partial charge in [-0.3, -0.25) is 4.98 Å². The van der Waals surface area contributed by atoms with Crippen LogP contribution < -0.4 is 14.5 Å². The van der Waals surface area contributed by atoms with E-state index in [4.69, 9.17) is 21.3 Å². The SMILES string of the molecule is Clc1cccc(COc2cncc(N3CCN(c4ccc5ncsc5n4)CC3)n2)c1. The number of thiazole rings is 1. The lowest BCUT2D eigenvalue weighted by Crippen LogP contribution is -2.47. The number of aromatic nitrogens is 4. The quantitative estimate of drug-likeness (QED) is 0.465. The van der Waals surface area contributed by atoms with E-state index in [1.54, 1.807) is 23.7 Å². The minimum absolute atomic E-state index is 0.401. The summed E-state index contributed by atoms with van der Waals surface area (Å²) in [6, 6.07) is 11.7. The molecule has 4 aromatic rings. The highest BCUT2D eigenvalue weighted by Crippen LogP contribution is 2.23. The minimum Gasteiger partial charge on any atom is -0.472 e. The molecule has 5 rings (SSSR count). The monoisotopic (exact) mass is 438 g/mol. The summed E-state index contributed by atoms with van der Waals surface area (Å²) in [6.45, 7) is 3.82. The van der Waals surface area contributed by atoms with Crippen LogP contribution in [-0.4, -0.2) is 46.1 Å². The van der Waals surface area contributed by atoms with Crippen molar-refractivity contribution in [3.05, 3.63) is 64.9 Å². The molecule has 1 aromatic carbocycles. The molecule has 4 heterocycles. The molecule has 0 spiro atoms. The summed E-state index contributed by atoms with van der Waals surface area (Å²) in [5.41, 5.74) is 3.78. The summed E-state index contributed by atoms with van der Waals surface area (Å²) in [5, 5.41) is 0.692. The number of halogens is 1. The van der Waals surface area contributed by atoms with Crippen molar-refractivity contribution in [1.82, 2.24) is 19.9 Å². The van der Waals surface area contributed by atoms with Gasteiger partial charge in [-0.15, -0.1) is 11.3 Å². The number of fused-ring (bicyclic) bond motifs is 1. The van der Waals surface area contributed by atoms with Gasteiger partial charge in [0.1, 0.15) is 22.8 Å². The third-order valence-corrected chi connectivity index (χ3v) is 5.95. The van der Waals surface area contributed by atoms with Crippen LogP contribution in [0.3, 0.4) is 0 Å². The number of piperazine rings is 1. The number of hydrogen-bond acceptors (Lipinski definition) is 8. The highest BCUT2D eigenvalue weighted by Gasteiger charge is 2.20. The molecular formula is C21H19ClN6OS. The maximum Gasteiger partial charge on any atom is 0.234 e. The first kappa shape index (κ1) is 19.0. The summed E-state index contributed by atoms with van der Waals surface area (Å²) >= 11 is 7.60. The standard InChI is InChI=1S/C21H19ClN6OS/c22-16-3-1-2-15(10-16)13-29-20-12-23-11-19(25-20)28-8-6-27(7-9-28)18-5-4-17-21(26-18)30-14-24-17/h1-5,10-12,14H,6-9,13H2. The topological polar surface area (TPSA) is 67.3 Å². The van der Waals surface area contributed by atoms with Crippen molar-refractivity contribution in [3.8, 4) is 5.88 Å². The smallest absolute Gasteiger partial charge is 0.234 e. The summed E-state index contributed by atoms with van der Waals surface area (Å²) in [6.07, 6.45) is 3.42. The molecule has 0 radical (unpaired) electrons. The van der Waals surface area contributed by atoms with E-state index in [-0.39, 0.29) is 0 Å². The molecule has 30 heavy (non-hydrogen) atoms. The van der Waals surface area contributed by atoms with E-state index < -0.39 is 0 Å². The highest BCUT2D eigenvalue weighted by molar-refractivity contribution is 7.16. The van der Waals surface area contributed by atoms with Crippen LogP contribution in [0.15, 0.2) is 54.3 Å². The molecule has 1 aliphatic heterocycles. The molecule has 0 atom stereocenters. The average Bonchev–Trinajstić information content (AvgIpc) is 3.26. The fraction of sp³-hybridized carbons (Fsp3) is 0.238. The maximum atomic E-state index is 6.03. The van der Waals surface area contributed by atoms with Crippen molar-refractivity contribution in [2.75, 3.05) is 36.0 Å². The lowest BCUT2D eigenvalue weighted by atomic mass is 10.2. The lowest BCUT2D eigenvalue weighted by Gasteiger charge is -2.35. The molecule has 0 bridgehead atoms. The zero-order chi connectivity index (χ0) is 20.3. The van der Waals surface area contributed by atoms with Gasteiger partial charge in [0, 0.05) is 31.2 Å². The zero-order valence-electron chi connectivity index (χ0n) is 16.1. The molecule has 3 aromatic heterocycles. The first-order valence-electron chi connectivity index (χ1n) is 9.64. The van der Waals surface area contributed by atoms with Crippen molar-refractivity contribution >= 4 is 44.9 Å². The van der Waals surface area contributed by atoms with Gasteiger partial charge in [0.25, 0.3) is 0 Å². The molecular weight excluding hydrogens is 420 g/mol. The second-order valence-electron chi connectivity index (χ2n) is 6.95. The Hall–Kier alpha value is -2.97. The van der Waals surface area contributed by atoms with E-state index >= 15 is 0 Å².